The second-order valence-electron chi connectivity index (χ2n) is 8.53. The molecule has 0 bridgehead atoms. The minimum Gasteiger partial charge on any atom is -0.336 e. The molecule has 1 amide bonds. The molecular weight excluding hydrogens is 258 g/mol. The molecule has 2 rings (SSSR count). The predicted molar refractivity (Wildman–Crippen MR) is 89.0 cm³/mol. The van der Waals surface area contributed by atoms with Gasteiger partial charge in [-0.1, -0.05) is 48.0 Å². The van der Waals surface area contributed by atoms with Crippen molar-refractivity contribution in [2.75, 3.05) is 0 Å². The lowest BCUT2D eigenvalue weighted by Crippen LogP contribution is -2.47. The van der Waals surface area contributed by atoms with E-state index in [4.69, 9.17) is 0 Å². The van der Waals surface area contributed by atoms with E-state index in [1.165, 1.54) is 25.7 Å². The fraction of sp³-hybridized carbons (Fsp3) is 0.947. The maximum atomic E-state index is 13.3. The van der Waals surface area contributed by atoms with Crippen molar-refractivity contribution in [2.45, 2.75) is 85.7 Å². The molecule has 0 spiro atoms. The van der Waals surface area contributed by atoms with Crippen LogP contribution >= 0.6 is 0 Å². The number of hydrogen-bond acceptors (Lipinski definition) is 1. The summed E-state index contributed by atoms with van der Waals surface area (Å²) < 4.78 is 0. The molecule has 0 N–H and O–H groups in total. The number of nitrogens with zero attached hydrogens (tertiary/aromatic N) is 1. The highest BCUT2D eigenvalue weighted by Gasteiger charge is 2.48. The Balaban J connectivity index is 2.20. The second-order valence-corrected chi connectivity index (χ2v) is 8.53. The van der Waals surface area contributed by atoms with Gasteiger partial charge in [0.05, 0.1) is 0 Å². The average Bonchev–Trinajstić information content (AvgIpc) is 2.93. The zero-order valence-corrected chi connectivity index (χ0v) is 14.9. The Bertz CT molecular complexity index is 361. The van der Waals surface area contributed by atoms with Crippen LogP contribution in [-0.4, -0.2) is 22.9 Å². The number of rotatable bonds is 5. The Morgan fingerprint density at radius 3 is 2.29 bits per heavy atom. The molecule has 0 aromatic heterocycles. The molecular formula is C19H35NO. The molecule has 1 saturated carbocycles. The highest BCUT2D eigenvalue weighted by Crippen LogP contribution is 2.44. The fourth-order valence-electron chi connectivity index (χ4n) is 4.61. The van der Waals surface area contributed by atoms with Gasteiger partial charge in [-0.05, 0) is 49.4 Å². The van der Waals surface area contributed by atoms with Crippen LogP contribution in [0.3, 0.4) is 0 Å². The van der Waals surface area contributed by atoms with Crippen molar-refractivity contribution in [1.82, 2.24) is 4.90 Å². The van der Waals surface area contributed by atoms with Crippen LogP contribution in [0.25, 0.3) is 0 Å². The van der Waals surface area contributed by atoms with Crippen LogP contribution < -0.4 is 0 Å². The number of carbonyl (C=O) groups is 1. The largest absolute Gasteiger partial charge is 0.336 e. The number of carbonyl (C=O) groups excluding carboxylic acids is 1. The predicted octanol–water partition coefficient (Wildman–Crippen LogP) is 4.73. The van der Waals surface area contributed by atoms with Gasteiger partial charge in [-0.15, -0.1) is 0 Å². The smallest absolute Gasteiger partial charge is 0.226 e. The zero-order valence-electron chi connectivity index (χ0n) is 14.9. The summed E-state index contributed by atoms with van der Waals surface area (Å²) >= 11 is 0. The first-order chi connectivity index (χ1) is 9.82. The van der Waals surface area contributed by atoms with Gasteiger partial charge in [-0.3, -0.25) is 4.79 Å². The molecule has 2 heteroatoms. The lowest BCUT2D eigenvalue weighted by Gasteiger charge is -2.36. The van der Waals surface area contributed by atoms with Crippen molar-refractivity contribution in [3.63, 3.8) is 0 Å². The molecule has 1 saturated heterocycles. The van der Waals surface area contributed by atoms with E-state index in [-0.39, 0.29) is 5.92 Å². The first-order valence-corrected chi connectivity index (χ1v) is 9.15. The van der Waals surface area contributed by atoms with Crippen LogP contribution in [-0.2, 0) is 4.79 Å². The summed E-state index contributed by atoms with van der Waals surface area (Å²) in [7, 11) is 0. The van der Waals surface area contributed by atoms with E-state index in [1.807, 2.05) is 0 Å². The van der Waals surface area contributed by atoms with E-state index in [0.717, 1.165) is 12.3 Å². The normalized spacial score (nSPS) is 30.5. The molecule has 4 atom stereocenters. The quantitative estimate of drug-likeness (QED) is 0.717. The molecule has 2 fully saturated rings. The number of amides is 1. The van der Waals surface area contributed by atoms with Gasteiger partial charge in [0, 0.05) is 18.0 Å². The Morgan fingerprint density at radius 1 is 1.10 bits per heavy atom. The Hall–Kier alpha value is -0.530. The lowest BCUT2D eigenvalue weighted by atomic mass is 9.85. The third-order valence-corrected chi connectivity index (χ3v) is 5.75. The van der Waals surface area contributed by atoms with Crippen LogP contribution in [0, 0.1) is 29.6 Å². The van der Waals surface area contributed by atoms with Gasteiger partial charge in [0.1, 0.15) is 0 Å². The standard InChI is InChI=1S/C19H35NO/c1-12(2)10-16(13(3)4)19(21)20-17-9-7-8-15(17)11-18(20)14(5)6/h12-18H,7-11H2,1-6H3/t15?,16?,17?,18-/m0/s1. The SMILES string of the molecule is CC(C)CC(C(=O)N1C2CCCC2C[C@H]1C(C)C)C(C)C. The Labute approximate surface area is 131 Å². The summed E-state index contributed by atoms with van der Waals surface area (Å²) in [5.41, 5.74) is 0. The third kappa shape index (κ3) is 3.46. The molecule has 21 heavy (non-hydrogen) atoms. The number of likely N-dealkylation sites (tertiary alicyclic amines) is 1. The Kier molecular flexibility index (Phi) is 5.38. The van der Waals surface area contributed by atoms with Crippen molar-refractivity contribution in [3.8, 4) is 0 Å². The van der Waals surface area contributed by atoms with Gasteiger partial charge < -0.3 is 4.90 Å². The highest BCUT2D eigenvalue weighted by molar-refractivity contribution is 5.80. The van der Waals surface area contributed by atoms with Gasteiger partial charge in [0.2, 0.25) is 5.91 Å². The van der Waals surface area contributed by atoms with Crippen LogP contribution in [0.4, 0.5) is 0 Å². The second kappa shape index (κ2) is 6.71. The van der Waals surface area contributed by atoms with Crippen LogP contribution in [0.1, 0.15) is 73.6 Å². The molecule has 1 heterocycles. The van der Waals surface area contributed by atoms with E-state index in [1.54, 1.807) is 0 Å². The van der Waals surface area contributed by atoms with Crippen LogP contribution in [0.15, 0.2) is 0 Å². The first kappa shape index (κ1) is 16.8. The molecule has 0 aromatic carbocycles. The molecule has 2 nitrogen and oxygen atoms in total. The van der Waals surface area contributed by atoms with Crippen LogP contribution in [0.2, 0.25) is 0 Å². The summed E-state index contributed by atoms with van der Waals surface area (Å²) in [5.74, 6) is 3.10. The summed E-state index contributed by atoms with van der Waals surface area (Å²) in [5, 5.41) is 0. The van der Waals surface area contributed by atoms with Gasteiger partial charge in [0.15, 0.2) is 0 Å². The first-order valence-electron chi connectivity index (χ1n) is 9.15. The molecule has 122 valence electrons. The van der Waals surface area contributed by atoms with Gasteiger partial charge in [-0.25, -0.2) is 0 Å². The molecule has 3 unspecified atom stereocenters. The number of fused-ring (bicyclic) bond motifs is 1. The third-order valence-electron chi connectivity index (χ3n) is 5.75. The van der Waals surface area contributed by atoms with Gasteiger partial charge >= 0.3 is 0 Å². The van der Waals surface area contributed by atoms with E-state index >= 15 is 0 Å². The average molecular weight is 293 g/mol. The van der Waals surface area contributed by atoms with E-state index in [9.17, 15) is 4.79 Å². The molecule has 0 aromatic rings. The summed E-state index contributed by atoms with van der Waals surface area (Å²) in [4.78, 5) is 15.7. The minimum absolute atomic E-state index is 0.214. The summed E-state index contributed by atoms with van der Waals surface area (Å²) in [6, 6.07) is 1.04. The molecule has 1 aliphatic carbocycles. The lowest BCUT2D eigenvalue weighted by molar-refractivity contribution is -0.141. The van der Waals surface area contributed by atoms with E-state index in [0.29, 0.717) is 35.7 Å². The van der Waals surface area contributed by atoms with Crippen molar-refractivity contribution in [3.05, 3.63) is 0 Å². The molecule has 1 aliphatic heterocycles. The monoisotopic (exact) mass is 293 g/mol. The van der Waals surface area contributed by atoms with E-state index in [2.05, 4.69) is 46.4 Å². The van der Waals surface area contributed by atoms with Gasteiger partial charge in [-0.2, -0.15) is 0 Å². The maximum Gasteiger partial charge on any atom is 0.226 e. The van der Waals surface area contributed by atoms with Crippen LogP contribution in [0.5, 0.6) is 0 Å². The minimum atomic E-state index is 0.214. The fourth-order valence-corrected chi connectivity index (χ4v) is 4.61. The van der Waals surface area contributed by atoms with Crippen molar-refractivity contribution in [1.29, 1.82) is 0 Å². The molecule has 2 aliphatic rings. The summed E-state index contributed by atoms with van der Waals surface area (Å²) in [6.45, 7) is 13.5. The zero-order chi connectivity index (χ0) is 15.7. The number of hydrogen-bond donors (Lipinski definition) is 0. The van der Waals surface area contributed by atoms with Crippen molar-refractivity contribution >= 4 is 5.91 Å². The van der Waals surface area contributed by atoms with Crippen molar-refractivity contribution < 1.29 is 4.79 Å². The maximum absolute atomic E-state index is 13.3. The Morgan fingerprint density at radius 2 is 1.76 bits per heavy atom. The molecule has 0 radical (unpaired) electrons. The highest BCUT2D eigenvalue weighted by atomic mass is 16.2. The summed E-state index contributed by atoms with van der Waals surface area (Å²) in [6.07, 6.45) is 6.19. The van der Waals surface area contributed by atoms with E-state index < -0.39 is 0 Å². The topological polar surface area (TPSA) is 20.3 Å². The van der Waals surface area contributed by atoms with Gasteiger partial charge in [0.25, 0.3) is 0 Å². The van der Waals surface area contributed by atoms with Crippen molar-refractivity contribution in [2.24, 2.45) is 29.6 Å².